The maximum Gasteiger partial charge on any atom is 0.264 e. The first-order valence-corrected chi connectivity index (χ1v) is 12.1. The van der Waals surface area contributed by atoms with Crippen LogP contribution in [0, 0.1) is 0 Å². The number of fused-ring (bicyclic) bond motifs is 1. The molecule has 0 saturated carbocycles. The normalized spacial score (nSPS) is 17.9. The highest BCUT2D eigenvalue weighted by atomic mass is 32.1. The molecule has 0 N–H and O–H groups in total. The fraction of sp³-hybridized carbons (Fsp3) is 0.409. The van der Waals surface area contributed by atoms with E-state index in [9.17, 15) is 9.59 Å². The number of amides is 2. The first-order chi connectivity index (χ1) is 15.2. The smallest absolute Gasteiger partial charge is 0.264 e. The third kappa shape index (κ3) is 4.50. The van der Waals surface area contributed by atoms with E-state index in [1.165, 1.54) is 11.3 Å². The summed E-state index contributed by atoms with van der Waals surface area (Å²) in [6, 6.07) is 12.0. The molecule has 1 aromatic carbocycles. The fourth-order valence-corrected chi connectivity index (χ4v) is 5.90. The zero-order chi connectivity index (χ0) is 21.2. The molecule has 0 radical (unpaired) electrons. The molecule has 31 heavy (non-hydrogen) atoms. The predicted molar refractivity (Wildman–Crippen MR) is 123 cm³/mol. The average Bonchev–Trinajstić information content (AvgIpc) is 3.46. The summed E-state index contributed by atoms with van der Waals surface area (Å²) in [6.45, 7) is 5.75. The minimum atomic E-state index is 0.0395. The van der Waals surface area contributed by atoms with Crippen LogP contribution in [-0.4, -0.2) is 90.5 Å². The zero-order valence-corrected chi connectivity index (χ0v) is 18.8. The number of carbonyl (C=O) groups is 2. The van der Waals surface area contributed by atoms with Gasteiger partial charge in [-0.25, -0.2) is 4.98 Å². The van der Waals surface area contributed by atoms with Gasteiger partial charge in [0.25, 0.3) is 5.91 Å². The summed E-state index contributed by atoms with van der Waals surface area (Å²) in [5.74, 6) is 0.181. The second kappa shape index (κ2) is 9.04. The molecule has 0 aliphatic carbocycles. The Balaban J connectivity index is 1.18. The molecule has 5 rings (SSSR count). The van der Waals surface area contributed by atoms with E-state index in [0.717, 1.165) is 38.1 Å². The van der Waals surface area contributed by atoms with Gasteiger partial charge in [0, 0.05) is 39.3 Å². The number of nitrogens with zero attached hydrogens (tertiary/aromatic N) is 4. The Labute approximate surface area is 188 Å². The van der Waals surface area contributed by atoms with E-state index in [-0.39, 0.29) is 11.8 Å². The van der Waals surface area contributed by atoms with E-state index in [4.69, 9.17) is 9.72 Å². The number of para-hydroxylation sites is 1. The number of hydrogen-bond donors (Lipinski definition) is 0. The van der Waals surface area contributed by atoms with Gasteiger partial charge < -0.3 is 14.5 Å². The molecule has 2 saturated heterocycles. The van der Waals surface area contributed by atoms with Gasteiger partial charge in [0.2, 0.25) is 5.91 Å². The summed E-state index contributed by atoms with van der Waals surface area (Å²) in [4.78, 5) is 37.9. The van der Waals surface area contributed by atoms with Gasteiger partial charge in [-0.15, -0.1) is 22.7 Å². The van der Waals surface area contributed by atoms with Crippen LogP contribution in [0.3, 0.4) is 0 Å². The lowest BCUT2D eigenvalue weighted by molar-refractivity contribution is -0.134. The van der Waals surface area contributed by atoms with Crippen molar-refractivity contribution in [3.63, 3.8) is 0 Å². The number of piperazine rings is 1. The van der Waals surface area contributed by atoms with E-state index < -0.39 is 0 Å². The first kappa shape index (κ1) is 20.6. The van der Waals surface area contributed by atoms with E-state index in [2.05, 4.69) is 11.0 Å². The number of benzene rings is 1. The van der Waals surface area contributed by atoms with Crippen molar-refractivity contribution in [2.75, 3.05) is 59.0 Å². The van der Waals surface area contributed by atoms with Crippen molar-refractivity contribution in [1.29, 1.82) is 0 Å². The van der Waals surface area contributed by atoms with E-state index in [1.807, 2.05) is 40.1 Å². The number of thiazole rings is 1. The molecule has 2 fully saturated rings. The molecule has 162 valence electrons. The Hall–Kier alpha value is -2.33. The second-order valence-electron chi connectivity index (χ2n) is 7.71. The van der Waals surface area contributed by atoms with Crippen LogP contribution in [0.15, 0.2) is 36.4 Å². The second-order valence-corrected chi connectivity index (χ2v) is 9.83. The SMILES string of the molecule is O=C(CN1CCOCC1)N1CCN(C(=O)c2ccc(-c3nc4ccccc4s3)s2)CC1. The zero-order valence-electron chi connectivity index (χ0n) is 17.2. The van der Waals surface area contributed by atoms with Gasteiger partial charge >= 0.3 is 0 Å². The highest BCUT2D eigenvalue weighted by molar-refractivity contribution is 7.26. The molecular weight excluding hydrogens is 432 g/mol. The van der Waals surface area contributed by atoms with Crippen molar-refractivity contribution in [3.8, 4) is 9.88 Å². The van der Waals surface area contributed by atoms with E-state index in [0.29, 0.717) is 45.9 Å². The van der Waals surface area contributed by atoms with E-state index in [1.54, 1.807) is 11.3 Å². The Morgan fingerprint density at radius 2 is 1.65 bits per heavy atom. The first-order valence-electron chi connectivity index (χ1n) is 10.5. The Kier molecular flexibility index (Phi) is 5.99. The number of ether oxygens (including phenoxy) is 1. The summed E-state index contributed by atoms with van der Waals surface area (Å²) >= 11 is 3.14. The van der Waals surface area contributed by atoms with Crippen molar-refractivity contribution in [2.24, 2.45) is 0 Å². The van der Waals surface area contributed by atoms with Gasteiger partial charge in [0.05, 0.1) is 39.7 Å². The number of rotatable bonds is 4. The average molecular weight is 457 g/mol. The van der Waals surface area contributed by atoms with Gasteiger partial charge in [-0.2, -0.15) is 0 Å². The molecule has 2 aromatic heterocycles. The Morgan fingerprint density at radius 1 is 0.903 bits per heavy atom. The lowest BCUT2D eigenvalue weighted by Gasteiger charge is -2.36. The molecule has 0 unspecified atom stereocenters. The Bertz CT molecular complexity index is 1050. The molecule has 7 nitrogen and oxygen atoms in total. The quantitative estimate of drug-likeness (QED) is 0.604. The summed E-state index contributed by atoms with van der Waals surface area (Å²) in [7, 11) is 0. The summed E-state index contributed by atoms with van der Waals surface area (Å²) in [5, 5.41) is 0.948. The molecular formula is C22H24N4O3S2. The third-order valence-corrected chi connectivity index (χ3v) is 7.98. The molecule has 2 aliphatic heterocycles. The van der Waals surface area contributed by atoms with Gasteiger partial charge in [0.1, 0.15) is 5.01 Å². The summed E-state index contributed by atoms with van der Waals surface area (Å²) < 4.78 is 6.49. The molecule has 0 atom stereocenters. The largest absolute Gasteiger partial charge is 0.379 e. The van der Waals surface area contributed by atoms with Gasteiger partial charge in [0.15, 0.2) is 0 Å². The van der Waals surface area contributed by atoms with Crippen LogP contribution in [0.4, 0.5) is 0 Å². The molecule has 9 heteroatoms. The van der Waals surface area contributed by atoms with Crippen molar-refractivity contribution < 1.29 is 14.3 Å². The van der Waals surface area contributed by atoms with Crippen molar-refractivity contribution in [1.82, 2.24) is 19.7 Å². The van der Waals surface area contributed by atoms with Crippen LogP contribution in [0.2, 0.25) is 0 Å². The number of thiophene rings is 1. The Morgan fingerprint density at radius 3 is 2.42 bits per heavy atom. The van der Waals surface area contributed by atoms with Crippen LogP contribution in [0.1, 0.15) is 9.67 Å². The minimum Gasteiger partial charge on any atom is -0.379 e. The number of hydrogen-bond acceptors (Lipinski definition) is 7. The van der Waals surface area contributed by atoms with Crippen molar-refractivity contribution in [2.45, 2.75) is 0 Å². The monoisotopic (exact) mass is 456 g/mol. The van der Waals surface area contributed by atoms with Crippen molar-refractivity contribution in [3.05, 3.63) is 41.3 Å². The standard InChI is InChI=1S/C22H24N4O3S2/c27-20(15-24-11-13-29-14-12-24)25-7-9-26(10-8-25)22(28)19-6-5-18(30-19)21-23-16-3-1-2-4-17(16)31-21/h1-6H,7-15H2. The molecule has 0 bridgehead atoms. The number of morpholine rings is 1. The van der Waals surface area contributed by atoms with Gasteiger partial charge in [-0.3, -0.25) is 14.5 Å². The molecule has 3 aromatic rings. The maximum absolute atomic E-state index is 13.0. The lowest BCUT2D eigenvalue weighted by atomic mass is 10.2. The minimum absolute atomic E-state index is 0.0395. The predicted octanol–water partition coefficient (Wildman–Crippen LogP) is 2.64. The number of carbonyl (C=O) groups excluding carboxylic acids is 2. The topological polar surface area (TPSA) is 66.0 Å². The lowest BCUT2D eigenvalue weighted by Crippen LogP contribution is -2.53. The fourth-order valence-electron chi connectivity index (χ4n) is 3.91. The highest BCUT2D eigenvalue weighted by Gasteiger charge is 2.27. The maximum atomic E-state index is 13.0. The molecule has 4 heterocycles. The molecule has 0 spiro atoms. The van der Waals surface area contributed by atoms with Gasteiger partial charge in [-0.05, 0) is 24.3 Å². The number of aromatic nitrogens is 1. The highest BCUT2D eigenvalue weighted by Crippen LogP contribution is 2.34. The van der Waals surface area contributed by atoms with E-state index >= 15 is 0 Å². The summed E-state index contributed by atoms with van der Waals surface area (Å²) in [5.41, 5.74) is 0.988. The van der Waals surface area contributed by atoms with Crippen LogP contribution in [-0.2, 0) is 9.53 Å². The third-order valence-electron chi connectivity index (χ3n) is 5.70. The van der Waals surface area contributed by atoms with Crippen molar-refractivity contribution >= 4 is 44.7 Å². The molecule has 2 amide bonds. The van der Waals surface area contributed by atoms with Crippen LogP contribution in [0.25, 0.3) is 20.1 Å². The van der Waals surface area contributed by atoms with Crippen LogP contribution < -0.4 is 0 Å². The summed E-state index contributed by atoms with van der Waals surface area (Å²) in [6.07, 6.45) is 0. The van der Waals surface area contributed by atoms with Crippen LogP contribution >= 0.6 is 22.7 Å². The van der Waals surface area contributed by atoms with Gasteiger partial charge in [-0.1, -0.05) is 12.1 Å². The van der Waals surface area contributed by atoms with Crippen LogP contribution in [0.5, 0.6) is 0 Å². The molecule has 2 aliphatic rings.